The van der Waals surface area contributed by atoms with E-state index < -0.39 is 0 Å². The monoisotopic (exact) mass is 217 g/mol. The quantitative estimate of drug-likeness (QED) is 0.799. The van der Waals surface area contributed by atoms with Gasteiger partial charge in [-0.05, 0) is 38.1 Å². The first-order valence-electron chi connectivity index (χ1n) is 5.57. The summed E-state index contributed by atoms with van der Waals surface area (Å²) in [6.45, 7) is 0.777. The van der Waals surface area contributed by atoms with Crippen molar-refractivity contribution in [2.75, 3.05) is 12.8 Å². The van der Waals surface area contributed by atoms with Gasteiger partial charge in [-0.15, -0.1) is 0 Å². The zero-order valence-corrected chi connectivity index (χ0v) is 9.31. The van der Waals surface area contributed by atoms with Gasteiger partial charge in [0.05, 0.1) is 6.54 Å². The summed E-state index contributed by atoms with van der Waals surface area (Å²) in [5, 5.41) is 0. The highest BCUT2D eigenvalue weighted by atomic mass is 16.3. The number of anilines is 1. The molecule has 2 N–H and O–H groups in total. The van der Waals surface area contributed by atoms with Crippen molar-refractivity contribution in [1.82, 2.24) is 9.88 Å². The van der Waals surface area contributed by atoms with Crippen LogP contribution < -0.4 is 5.73 Å². The van der Waals surface area contributed by atoms with Crippen LogP contribution in [0.5, 0.6) is 0 Å². The van der Waals surface area contributed by atoms with Crippen molar-refractivity contribution < 1.29 is 4.42 Å². The third-order valence-electron chi connectivity index (χ3n) is 3.01. The molecule has 1 saturated carbocycles. The first kappa shape index (κ1) is 9.66. The van der Waals surface area contributed by atoms with Crippen molar-refractivity contribution in [2.45, 2.75) is 25.4 Å². The number of benzene rings is 1. The number of oxazole rings is 1. The molecule has 2 aromatic rings. The maximum Gasteiger partial charge on any atom is 0.209 e. The molecular weight excluding hydrogens is 202 g/mol. The Bertz CT molecular complexity index is 516. The van der Waals surface area contributed by atoms with E-state index in [1.165, 1.54) is 12.8 Å². The Balaban J connectivity index is 1.86. The van der Waals surface area contributed by atoms with Crippen molar-refractivity contribution >= 4 is 16.8 Å². The highest BCUT2D eigenvalue weighted by Crippen LogP contribution is 2.27. The van der Waals surface area contributed by atoms with Crippen LogP contribution in [0, 0.1) is 0 Å². The minimum Gasteiger partial charge on any atom is -0.439 e. The average Bonchev–Trinajstić information content (AvgIpc) is 3.00. The molecule has 0 atom stereocenters. The SMILES string of the molecule is CN(Cc1nc2cc(N)ccc2o1)C1CC1. The Labute approximate surface area is 94.0 Å². The largest absolute Gasteiger partial charge is 0.439 e. The molecule has 1 aliphatic carbocycles. The van der Waals surface area contributed by atoms with Crippen LogP contribution in [0.1, 0.15) is 18.7 Å². The van der Waals surface area contributed by atoms with E-state index >= 15 is 0 Å². The second kappa shape index (κ2) is 3.49. The summed E-state index contributed by atoms with van der Waals surface area (Å²) in [5.74, 6) is 0.773. The Morgan fingerprint density at radius 3 is 3.06 bits per heavy atom. The molecule has 0 spiro atoms. The summed E-state index contributed by atoms with van der Waals surface area (Å²) in [5.41, 5.74) is 8.09. The van der Waals surface area contributed by atoms with Crippen LogP contribution >= 0.6 is 0 Å². The third kappa shape index (κ3) is 1.76. The molecule has 1 fully saturated rings. The van der Waals surface area contributed by atoms with E-state index in [9.17, 15) is 0 Å². The van der Waals surface area contributed by atoms with E-state index in [4.69, 9.17) is 10.2 Å². The van der Waals surface area contributed by atoms with E-state index in [-0.39, 0.29) is 0 Å². The lowest BCUT2D eigenvalue weighted by molar-refractivity contribution is 0.283. The second-order valence-electron chi connectivity index (χ2n) is 4.48. The summed E-state index contributed by atoms with van der Waals surface area (Å²) in [7, 11) is 2.11. The standard InChI is InChI=1S/C12H15N3O/c1-15(9-3-4-9)7-12-14-10-6-8(13)2-5-11(10)16-12/h2,5-6,9H,3-4,7,13H2,1H3. The normalized spacial score (nSPS) is 16.1. The Morgan fingerprint density at radius 2 is 2.31 bits per heavy atom. The number of hydrogen-bond donors (Lipinski definition) is 1. The van der Waals surface area contributed by atoms with Crippen LogP contribution in [-0.2, 0) is 6.54 Å². The van der Waals surface area contributed by atoms with Gasteiger partial charge in [0.25, 0.3) is 0 Å². The highest BCUT2D eigenvalue weighted by molar-refractivity contribution is 5.76. The molecule has 1 aromatic carbocycles. The molecule has 0 radical (unpaired) electrons. The van der Waals surface area contributed by atoms with E-state index in [2.05, 4.69) is 16.9 Å². The zero-order chi connectivity index (χ0) is 11.1. The molecule has 1 aromatic heterocycles. The average molecular weight is 217 g/mol. The lowest BCUT2D eigenvalue weighted by Gasteiger charge is -2.11. The molecule has 4 heteroatoms. The van der Waals surface area contributed by atoms with Crippen LogP contribution in [0.2, 0.25) is 0 Å². The predicted octanol–water partition coefficient (Wildman–Crippen LogP) is 2.00. The van der Waals surface area contributed by atoms with Gasteiger partial charge in [0.2, 0.25) is 5.89 Å². The number of fused-ring (bicyclic) bond motifs is 1. The number of nitrogen functional groups attached to an aromatic ring is 1. The zero-order valence-electron chi connectivity index (χ0n) is 9.31. The van der Waals surface area contributed by atoms with Gasteiger partial charge in [0.15, 0.2) is 5.58 Å². The van der Waals surface area contributed by atoms with Crippen LogP contribution in [-0.4, -0.2) is 23.0 Å². The fraction of sp³-hybridized carbons (Fsp3) is 0.417. The van der Waals surface area contributed by atoms with Crippen molar-refractivity contribution in [2.24, 2.45) is 0 Å². The number of aromatic nitrogens is 1. The van der Waals surface area contributed by atoms with Crippen LogP contribution in [0.25, 0.3) is 11.1 Å². The lowest BCUT2D eigenvalue weighted by atomic mass is 10.3. The molecule has 0 unspecified atom stereocenters. The van der Waals surface area contributed by atoms with Crippen molar-refractivity contribution in [3.8, 4) is 0 Å². The fourth-order valence-corrected chi connectivity index (χ4v) is 1.92. The molecule has 0 bridgehead atoms. The van der Waals surface area contributed by atoms with Crippen LogP contribution in [0.15, 0.2) is 22.6 Å². The molecule has 1 aliphatic rings. The third-order valence-corrected chi connectivity index (χ3v) is 3.01. The van der Waals surface area contributed by atoms with Crippen molar-refractivity contribution in [3.63, 3.8) is 0 Å². The smallest absolute Gasteiger partial charge is 0.209 e. The molecule has 0 saturated heterocycles. The van der Waals surface area contributed by atoms with Crippen molar-refractivity contribution in [1.29, 1.82) is 0 Å². The van der Waals surface area contributed by atoms with Gasteiger partial charge in [-0.1, -0.05) is 0 Å². The van der Waals surface area contributed by atoms with Gasteiger partial charge in [0.1, 0.15) is 5.52 Å². The van der Waals surface area contributed by atoms with Gasteiger partial charge < -0.3 is 10.2 Å². The van der Waals surface area contributed by atoms with Crippen molar-refractivity contribution in [3.05, 3.63) is 24.1 Å². The maximum absolute atomic E-state index is 5.70. The molecule has 0 amide bonds. The first-order valence-corrected chi connectivity index (χ1v) is 5.57. The summed E-state index contributed by atoms with van der Waals surface area (Å²) in [6, 6.07) is 6.28. The Hall–Kier alpha value is -1.55. The summed E-state index contributed by atoms with van der Waals surface area (Å²) < 4.78 is 5.66. The molecule has 4 nitrogen and oxygen atoms in total. The van der Waals surface area contributed by atoms with E-state index in [1.807, 2.05) is 18.2 Å². The molecule has 1 heterocycles. The highest BCUT2D eigenvalue weighted by Gasteiger charge is 2.26. The molecule has 16 heavy (non-hydrogen) atoms. The predicted molar refractivity (Wildman–Crippen MR) is 62.9 cm³/mol. The Kier molecular flexibility index (Phi) is 2.11. The number of nitrogens with two attached hydrogens (primary N) is 1. The first-order chi connectivity index (χ1) is 7.72. The summed E-state index contributed by atoms with van der Waals surface area (Å²) in [4.78, 5) is 6.72. The Morgan fingerprint density at radius 1 is 1.50 bits per heavy atom. The topological polar surface area (TPSA) is 55.3 Å². The number of nitrogens with zero attached hydrogens (tertiary/aromatic N) is 2. The molecular formula is C12H15N3O. The lowest BCUT2D eigenvalue weighted by Crippen LogP contribution is -2.19. The molecule has 3 rings (SSSR count). The molecule has 84 valence electrons. The van der Waals surface area contributed by atoms with E-state index in [1.54, 1.807) is 0 Å². The number of hydrogen-bond acceptors (Lipinski definition) is 4. The van der Waals surface area contributed by atoms with E-state index in [0.717, 1.165) is 35.3 Å². The van der Waals surface area contributed by atoms with Gasteiger partial charge >= 0.3 is 0 Å². The minimum absolute atomic E-state index is 0.722. The summed E-state index contributed by atoms with van der Waals surface area (Å²) in [6.07, 6.45) is 2.59. The summed E-state index contributed by atoms with van der Waals surface area (Å²) >= 11 is 0. The number of rotatable bonds is 3. The van der Waals surface area contributed by atoms with Gasteiger partial charge in [-0.3, -0.25) is 4.90 Å². The second-order valence-corrected chi connectivity index (χ2v) is 4.48. The van der Waals surface area contributed by atoms with Crippen LogP contribution in [0.4, 0.5) is 5.69 Å². The van der Waals surface area contributed by atoms with Crippen LogP contribution in [0.3, 0.4) is 0 Å². The minimum atomic E-state index is 0.722. The van der Waals surface area contributed by atoms with Gasteiger partial charge in [-0.25, -0.2) is 4.98 Å². The fourth-order valence-electron chi connectivity index (χ4n) is 1.92. The van der Waals surface area contributed by atoms with E-state index in [0.29, 0.717) is 0 Å². The van der Waals surface area contributed by atoms with Gasteiger partial charge in [0, 0.05) is 11.7 Å². The van der Waals surface area contributed by atoms with Gasteiger partial charge in [-0.2, -0.15) is 0 Å². The molecule has 0 aliphatic heterocycles. The maximum atomic E-state index is 5.70.